The number of aryl methyl sites for hydroxylation is 2. The number of carbonyl (C=O) groups is 1. The number of nitrogens with one attached hydrogen (secondary N) is 1. The van der Waals surface area contributed by atoms with Gasteiger partial charge in [0.15, 0.2) is 0 Å². The Morgan fingerprint density at radius 3 is 2.09 bits per heavy atom. The van der Waals surface area contributed by atoms with Crippen molar-refractivity contribution >= 4 is 32.5 Å². The van der Waals surface area contributed by atoms with E-state index in [9.17, 15) is 18.0 Å². The zero-order valence-corrected chi connectivity index (χ0v) is 18.5. The van der Waals surface area contributed by atoms with Gasteiger partial charge in [0, 0.05) is 19.7 Å². The molecule has 0 saturated carbocycles. The van der Waals surface area contributed by atoms with Crippen molar-refractivity contribution < 1.29 is 17.9 Å². The fraction of sp³-hybridized carbons (Fsp3) is 0.130. The monoisotopic (exact) mass is 451 g/mol. The molecule has 0 fully saturated rings. The molecule has 1 aromatic heterocycles. The van der Waals surface area contributed by atoms with E-state index in [1.807, 2.05) is 0 Å². The number of sulfone groups is 1. The van der Waals surface area contributed by atoms with E-state index < -0.39 is 15.7 Å². The van der Waals surface area contributed by atoms with Crippen LogP contribution in [0.4, 0.5) is 5.69 Å². The van der Waals surface area contributed by atoms with Crippen molar-refractivity contribution in [3.8, 4) is 5.75 Å². The molecule has 4 rings (SSSR count). The summed E-state index contributed by atoms with van der Waals surface area (Å²) in [7, 11) is 0.701. The highest BCUT2D eigenvalue weighted by Crippen LogP contribution is 2.32. The molecule has 4 aromatic rings. The molecule has 0 aliphatic heterocycles. The minimum absolute atomic E-state index is 0.0835. The van der Waals surface area contributed by atoms with E-state index >= 15 is 0 Å². The molecule has 0 radical (unpaired) electrons. The summed E-state index contributed by atoms with van der Waals surface area (Å²) in [5.41, 5.74) is 1.05. The maximum atomic E-state index is 13.4. The van der Waals surface area contributed by atoms with E-state index in [0.717, 1.165) is 0 Å². The van der Waals surface area contributed by atoms with E-state index in [2.05, 4.69) is 5.32 Å². The molecule has 1 heterocycles. The summed E-state index contributed by atoms with van der Waals surface area (Å²) in [6, 6.07) is 17.3. The topological polar surface area (TPSA) is 99.4 Å². The van der Waals surface area contributed by atoms with Crippen LogP contribution in [0.25, 0.3) is 11.0 Å². The van der Waals surface area contributed by atoms with Gasteiger partial charge in [-0.15, -0.1) is 0 Å². The molecule has 0 aliphatic carbocycles. The summed E-state index contributed by atoms with van der Waals surface area (Å²) >= 11 is 0. The summed E-state index contributed by atoms with van der Waals surface area (Å²) in [5, 5.41) is 2.70. The van der Waals surface area contributed by atoms with Crippen molar-refractivity contribution in [1.29, 1.82) is 0 Å². The van der Waals surface area contributed by atoms with Crippen LogP contribution in [0.15, 0.2) is 81.3 Å². The molecule has 0 spiro atoms. The Kier molecular flexibility index (Phi) is 5.35. The van der Waals surface area contributed by atoms with Crippen molar-refractivity contribution in [3.63, 3.8) is 0 Å². The largest absolute Gasteiger partial charge is 0.497 e. The molecular formula is C23H21N3O5S. The number of hydrogen-bond acceptors (Lipinski definition) is 5. The van der Waals surface area contributed by atoms with Crippen molar-refractivity contribution in [2.75, 3.05) is 12.4 Å². The van der Waals surface area contributed by atoms with E-state index in [1.54, 1.807) is 56.6 Å². The molecule has 1 N–H and O–H groups in total. The Morgan fingerprint density at radius 1 is 0.906 bits per heavy atom. The first-order valence-corrected chi connectivity index (χ1v) is 11.2. The summed E-state index contributed by atoms with van der Waals surface area (Å²) in [4.78, 5) is 25.3. The van der Waals surface area contributed by atoms with Gasteiger partial charge in [-0.25, -0.2) is 13.2 Å². The fourth-order valence-corrected chi connectivity index (χ4v) is 4.95. The molecule has 0 atom stereocenters. The van der Waals surface area contributed by atoms with Gasteiger partial charge < -0.3 is 10.1 Å². The number of methoxy groups -OCH3 is 1. The standard InChI is InChI=1S/C23H21N3O5S/c1-25-19-13-18(24-22(27)15-9-11-16(31-3)12-10-15)21(14-20(19)26(2)23(25)28)32(29,30)17-7-5-4-6-8-17/h4-14H,1-3H3,(H,24,27). The number of fused-ring (bicyclic) bond motifs is 1. The first kappa shape index (κ1) is 21.4. The van der Waals surface area contributed by atoms with E-state index in [1.165, 1.54) is 40.5 Å². The molecule has 8 nitrogen and oxygen atoms in total. The lowest BCUT2D eigenvalue weighted by Crippen LogP contribution is -2.19. The lowest BCUT2D eigenvalue weighted by atomic mass is 10.2. The second kappa shape index (κ2) is 8.01. The van der Waals surface area contributed by atoms with Gasteiger partial charge >= 0.3 is 5.69 Å². The highest BCUT2D eigenvalue weighted by molar-refractivity contribution is 7.91. The zero-order valence-electron chi connectivity index (χ0n) is 17.7. The van der Waals surface area contributed by atoms with E-state index in [-0.39, 0.29) is 21.2 Å². The first-order chi connectivity index (χ1) is 15.2. The van der Waals surface area contributed by atoms with Gasteiger partial charge in [0.25, 0.3) is 5.91 Å². The zero-order chi connectivity index (χ0) is 23.0. The third kappa shape index (κ3) is 3.56. The Balaban J connectivity index is 1.89. The number of benzene rings is 3. The van der Waals surface area contributed by atoms with Gasteiger partial charge in [0.1, 0.15) is 5.75 Å². The lowest BCUT2D eigenvalue weighted by molar-refractivity contribution is 0.102. The van der Waals surface area contributed by atoms with Crippen LogP contribution >= 0.6 is 0 Å². The number of ether oxygens (including phenoxy) is 1. The summed E-state index contributed by atoms with van der Waals surface area (Å²) in [5.74, 6) is 0.104. The van der Waals surface area contributed by atoms with Crippen LogP contribution in [0.1, 0.15) is 10.4 Å². The van der Waals surface area contributed by atoms with Crippen LogP contribution in [0.2, 0.25) is 0 Å². The Labute approximate surface area is 184 Å². The predicted molar refractivity (Wildman–Crippen MR) is 121 cm³/mol. The third-order valence-electron chi connectivity index (χ3n) is 5.32. The van der Waals surface area contributed by atoms with Crippen molar-refractivity contribution in [1.82, 2.24) is 9.13 Å². The number of hydrogen-bond donors (Lipinski definition) is 1. The summed E-state index contributed by atoms with van der Waals surface area (Å²) in [6.07, 6.45) is 0. The van der Waals surface area contributed by atoms with Gasteiger partial charge in [-0.3, -0.25) is 13.9 Å². The smallest absolute Gasteiger partial charge is 0.328 e. The van der Waals surface area contributed by atoms with Crippen LogP contribution in [0, 0.1) is 0 Å². The molecular weight excluding hydrogens is 430 g/mol. The minimum atomic E-state index is -3.98. The van der Waals surface area contributed by atoms with Gasteiger partial charge in [0.05, 0.1) is 33.6 Å². The van der Waals surface area contributed by atoms with Crippen LogP contribution < -0.4 is 15.7 Å². The van der Waals surface area contributed by atoms with Crippen molar-refractivity contribution in [2.24, 2.45) is 14.1 Å². The molecule has 3 aromatic carbocycles. The lowest BCUT2D eigenvalue weighted by Gasteiger charge is -2.13. The van der Waals surface area contributed by atoms with Crippen molar-refractivity contribution in [2.45, 2.75) is 9.79 Å². The van der Waals surface area contributed by atoms with E-state index in [0.29, 0.717) is 22.3 Å². The number of nitrogens with zero attached hydrogens (tertiary/aromatic N) is 2. The van der Waals surface area contributed by atoms with E-state index in [4.69, 9.17) is 4.74 Å². The predicted octanol–water partition coefficient (Wildman–Crippen LogP) is 2.97. The van der Waals surface area contributed by atoms with Gasteiger partial charge in [0.2, 0.25) is 9.84 Å². The summed E-state index contributed by atoms with van der Waals surface area (Å²) in [6.45, 7) is 0. The minimum Gasteiger partial charge on any atom is -0.497 e. The third-order valence-corrected chi connectivity index (χ3v) is 7.13. The van der Waals surface area contributed by atoms with Crippen LogP contribution in [0.3, 0.4) is 0 Å². The number of anilines is 1. The molecule has 9 heteroatoms. The molecule has 32 heavy (non-hydrogen) atoms. The summed E-state index contributed by atoms with van der Waals surface area (Å²) < 4.78 is 34.8. The Hall–Kier alpha value is -3.85. The Morgan fingerprint density at radius 2 is 1.50 bits per heavy atom. The number of aromatic nitrogens is 2. The molecule has 164 valence electrons. The maximum Gasteiger partial charge on any atom is 0.328 e. The quantitative estimate of drug-likeness (QED) is 0.503. The SMILES string of the molecule is COc1ccc(C(=O)Nc2cc3c(cc2S(=O)(=O)c2ccccc2)n(C)c(=O)n3C)cc1. The average molecular weight is 452 g/mol. The van der Waals surface area contributed by atoms with Crippen molar-refractivity contribution in [3.05, 3.63) is 82.8 Å². The normalized spacial score (nSPS) is 11.5. The molecule has 1 amide bonds. The average Bonchev–Trinajstić information content (AvgIpc) is 3.02. The second-order valence-electron chi connectivity index (χ2n) is 7.24. The molecule has 0 saturated heterocycles. The maximum absolute atomic E-state index is 13.4. The van der Waals surface area contributed by atoms with Crippen LogP contribution in [-0.4, -0.2) is 30.6 Å². The van der Waals surface area contributed by atoms with Gasteiger partial charge in [-0.2, -0.15) is 0 Å². The molecule has 0 bridgehead atoms. The molecule has 0 aliphatic rings. The number of amides is 1. The van der Waals surface area contributed by atoms with Gasteiger partial charge in [-0.05, 0) is 48.5 Å². The second-order valence-corrected chi connectivity index (χ2v) is 9.15. The number of imidazole rings is 1. The van der Waals surface area contributed by atoms with Gasteiger partial charge in [-0.1, -0.05) is 18.2 Å². The highest BCUT2D eigenvalue weighted by atomic mass is 32.2. The fourth-order valence-electron chi connectivity index (χ4n) is 3.51. The number of carbonyl (C=O) groups excluding carboxylic acids is 1. The van der Waals surface area contributed by atoms with Crippen LogP contribution in [-0.2, 0) is 23.9 Å². The molecule has 0 unspecified atom stereocenters. The number of rotatable bonds is 5. The first-order valence-electron chi connectivity index (χ1n) is 9.69. The van der Waals surface area contributed by atoms with Crippen LogP contribution in [0.5, 0.6) is 5.75 Å². The highest BCUT2D eigenvalue weighted by Gasteiger charge is 2.25. The Bertz CT molecular complexity index is 1480.